The minimum atomic E-state index is -0.127. The normalized spacial score (nSPS) is 13.7. The molecule has 0 spiro atoms. The number of aryl methyl sites for hydroxylation is 2. The van der Waals surface area contributed by atoms with E-state index < -0.39 is 0 Å². The van der Waals surface area contributed by atoms with Gasteiger partial charge in [-0.1, -0.05) is 19.1 Å². The molecule has 5 nitrogen and oxygen atoms in total. The van der Waals surface area contributed by atoms with Crippen molar-refractivity contribution in [1.82, 2.24) is 15.3 Å². The van der Waals surface area contributed by atoms with Crippen LogP contribution in [0, 0.1) is 6.92 Å². The van der Waals surface area contributed by atoms with Gasteiger partial charge in [-0.15, -0.1) is 0 Å². The molecular weight excluding hydrogens is 276 g/mol. The van der Waals surface area contributed by atoms with Crippen LogP contribution in [-0.4, -0.2) is 21.9 Å². The third-order valence-corrected chi connectivity index (χ3v) is 3.62. The van der Waals surface area contributed by atoms with E-state index in [9.17, 15) is 4.79 Å². The minimum Gasteiger partial charge on any atom is -0.348 e. The van der Waals surface area contributed by atoms with E-state index in [1.165, 1.54) is 5.56 Å². The van der Waals surface area contributed by atoms with Crippen LogP contribution in [0.3, 0.4) is 0 Å². The van der Waals surface area contributed by atoms with Gasteiger partial charge in [0.1, 0.15) is 5.69 Å². The molecule has 0 atom stereocenters. The molecule has 1 aromatic carbocycles. The number of nitrogens with zero attached hydrogens (tertiary/aromatic N) is 2. The number of carbonyl (C=O) groups excluding carboxylic acids is 1. The quantitative estimate of drug-likeness (QED) is 0.890. The Bertz CT molecular complexity index is 678. The zero-order chi connectivity index (χ0) is 15.5. The predicted molar refractivity (Wildman–Crippen MR) is 86.4 cm³/mol. The molecule has 1 amide bonds. The van der Waals surface area contributed by atoms with Gasteiger partial charge < -0.3 is 10.6 Å². The van der Waals surface area contributed by atoms with Gasteiger partial charge in [0.25, 0.3) is 5.91 Å². The highest BCUT2D eigenvalue weighted by Gasteiger charge is 2.24. The second kappa shape index (κ2) is 6.13. The fourth-order valence-electron chi connectivity index (χ4n) is 2.18. The van der Waals surface area contributed by atoms with E-state index >= 15 is 0 Å². The average molecular weight is 296 g/mol. The molecule has 1 aliphatic rings. The molecule has 114 valence electrons. The van der Waals surface area contributed by atoms with Crippen molar-refractivity contribution in [1.29, 1.82) is 0 Å². The van der Waals surface area contributed by atoms with Gasteiger partial charge in [-0.25, -0.2) is 9.97 Å². The third-order valence-electron chi connectivity index (χ3n) is 3.62. The zero-order valence-corrected chi connectivity index (χ0v) is 12.9. The molecule has 22 heavy (non-hydrogen) atoms. The van der Waals surface area contributed by atoms with Crippen molar-refractivity contribution in [3.63, 3.8) is 0 Å². The first-order chi connectivity index (χ1) is 10.6. The average Bonchev–Trinajstić information content (AvgIpc) is 3.31. The summed E-state index contributed by atoms with van der Waals surface area (Å²) in [5.74, 6) is 0.322. The molecule has 1 aliphatic carbocycles. The molecule has 2 aromatic rings. The van der Waals surface area contributed by atoms with E-state index in [1.807, 2.05) is 19.1 Å². The molecule has 1 saturated carbocycles. The first-order valence-electron chi connectivity index (χ1n) is 7.66. The molecule has 1 heterocycles. The van der Waals surface area contributed by atoms with Crippen LogP contribution in [0.2, 0.25) is 0 Å². The number of rotatable bonds is 5. The summed E-state index contributed by atoms with van der Waals surface area (Å²) in [5, 5.41) is 6.10. The van der Waals surface area contributed by atoms with E-state index in [4.69, 9.17) is 0 Å². The van der Waals surface area contributed by atoms with Gasteiger partial charge >= 0.3 is 0 Å². The lowest BCUT2D eigenvalue weighted by Crippen LogP contribution is -2.26. The molecule has 0 saturated heterocycles. The summed E-state index contributed by atoms with van der Waals surface area (Å²) in [7, 11) is 0. The molecule has 0 unspecified atom stereocenters. The minimum absolute atomic E-state index is 0.127. The maximum Gasteiger partial charge on any atom is 0.270 e. The smallest absolute Gasteiger partial charge is 0.270 e. The van der Waals surface area contributed by atoms with Crippen LogP contribution in [0.15, 0.2) is 30.3 Å². The second-order valence-electron chi connectivity index (χ2n) is 5.64. The summed E-state index contributed by atoms with van der Waals surface area (Å²) in [6.45, 7) is 3.98. The molecule has 5 heteroatoms. The van der Waals surface area contributed by atoms with Crippen molar-refractivity contribution in [2.24, 2.45) is 0 Å². The van der Waals surface area contributed by atoms with E-state index in [0.717, 1.165) is 30.6 Å². The van der Waals surface area contributed by atoms with Crippen LogP contribution >= 0.6 is 0 Å². The van der Waals surface area contributed by atoms with Gasteiger partial charge in [-0.2, -0.15) is 0 Å². The van der Waals surface area contributed by atoms with Gasteiger partial charge in [0.15, 0.2) is 0 Å². The molecule has 1 fully saturated rings. The maximum absolute atomic E-state index is 12.1. The lowest BCUT2D eigenvalue weighted by molar-refractivity contribution is 0.0946. The third kappa shape index (κ3) is 3.61. The van der Waals surface area contributed by atoms with Crippen LogP contribution in [0.1, 0.15) is 41.5 Å². The lowest BCUT2D eigenvalue weighted by atomic mass is 10.1. The number of carbonyl (C=O) groups is 1. The highest BCUT2D eigenvalue weighted by atomic mass is 16.2. The van der Waals surface area contributed by atoms with Crippen LogP contribution in [0.4, 0.5) is 11.6 Å². The van der Waals surface area contributed by atoms with E-state index in [1.54, 1.807) is 6.07 Å². The first kappa shape index (κ1) is 14.5. The zero-order valence-electron chi connectivity index (χ0n) is 12.9. The summed E-state index contributed by atoms with van der Waals surface area (Å²) < 4.78 is 0. The maximum atomic E-state index is 12.1. The molecule has 3 rings (SSSR count). The van der Waals surface area contributed by atoms with Crippen molar-refractivity contribution in [3.05, 3.63) is 47.3 Å². The van der Waals surface area contributed by atoms with E-state index in [-0.39, 0.29) is 5.91 Å². The Morgan fingerprint density at radius 1 is 1.23 bits per heavy atom. The number of amides is 1. The number of hydrogen-bond acceptors (Lipinski definition) is 4. The summed E-state index contributed by atoms with van der Waals surface area (Å²) in [5.41, 5.74) is 3.37. The van der Waals surface area contributed by atoms with Gasteiger partial charge in [0.05, 0.1) is 0 Å². The summed E-state index contributed by atoms with van der Waals surface area (Å²) in [6, 6.07) is 10.2. The SMILES string of the molecule is CCc1ccc(Nc2nc(C)cc(C(=O)NC3CC3)n2)cc1. The summed E-state index contributed by atoms with van der Waals surface area (Å²) in [6.07, 6.45) is 3.13. The Labute approximate surface area is 130 Å². The molecule has 1 aromatic heterocycles. The van der Waals surface area contributed by atoms with Gasteiger partial charge in [-0.3, -0.25) is 4.79 Å². The van der Waals surface area contributed by atoms with E-state index in [2.05, 4.69) is 39.7 Å². The van der Waals surface area contributed by atoms with Crippen molar-refractivity contribution in [2.45, 2.75) is 39.2 Å². The number of benzene rings is 1. The van der Waals surface area contributed by atoms with Crippen LogP contribution < -0.4 is 10.6 Å². The summed E-state index contributed by atoms with van der Waals surface area (Å²) in [4.78, 5) is 20.8. The molecular formula is C17H20N4O. The number of anilines is 2. The lowest BCUT2D eigenvalue weighted by Gasteiger charge is -2.09. The first-order valence-corrected chi connectivity index (χ1v) is 7.66. The fraction of sp³-hybridized carbons (Fsp3) is 0.353. The standard InChI is InChI=1S/C17H20N4O/c1-3-12-4-6-14(7-5-12)20-17-18-11(2)10-15(21-17)16(22)19-13-8-9-13/h4-7,10,13H,3,8-9H2,1-2H3,(H,19,22)(H,18,20,21). The summed E-state index contributed by atoms with van der Waals surface area (Å²) >= 11 is 0. The van der Waals surface area contributed by atoms with Crippen molar-refractivity contribution < 1.29 is 4.79 Å². The largest absolute Gasteiger partial charge is 0.348 e. The second-order valence-corrected chi connectivity index (χ2v) is 5.64. The van der Waals surface area contributed by atoms with E-state index in [0.29, 0.717) is 17.7 Å². The van der Waals surface area contributed by atoms with Gasteiger partial charge in [0, 0.05) is 17.4 Å². The van der Waals surface area contributed by atoms with Crippen molar-refractivity contribution in [2.75, 3.05) is 5.32 Å². The van der Waals surface area contributed by atoms with Crippen LogP contribution in [0.5, 0.6) is 0 Å². The fourth-order valence-corrected chi connectivity index (χ4v) is 2.18. The Hall–Kier alpha value is -2.43. The topological polar surface area (TPSA) is 66.9 Å². The molecule has 0 bridgehead atoms. The molecule has 0 aliphatic heterocycles. The Kier molecular flexibility index (Phi) is 4.04. The predicted octanol–water partition coefficient (Wildman–Crippen LogP) is 2.98. The van der Waals surface area contributed by atoms with Crippen LogP contribution in [-0.2, 0) is 6.42 Å². The number of hydrogen-bond donors (Lipinski definition) is 2. The Balaban J connectivity index is 1.77. The van der Waals surface area contributed by atoms with Crippen molar-refractivity contribution in [3.8, 4) is 0 Å². The molecule has 0 radical (unpaired) electrons. The Morgan fingerprint density at radius 3 is 2.59 bits per heavy atom. The highest BCUT2D eigenvalue weighted by molar-refractivity contribution is 5.93. The van der Waals surface area contributed by atoms with Crippen molar-refractivity contribution >= 4 is 17.5 Å². The van der Waals surface area contributed by atoms with Gasteiger partial charge in [-0.05, 0) is 49.9 Å². The van der Waals surface area contributed by atoms with Crippen LogP contribution in [0.25, 0.3) is 0 Å². The highest BCUT2D eigenvalue weighted by Crippen LogP contribution is 2.20. The molecule has 2 N–H and O–H groups in total. The monoisotopic (exact) mass is 296 g/mol. The number of aromatic nitrogens is 2. The Morgan fingerprint density at radius 2 is 1.95 bits per heavy atom. The van der Waals surface area contributed by atoms with Gasteiger partial charge in [0.2, 0.25) is 5.95 Å². The number of nitrogens with one attached hydrogen (secondary N) is 2.